The minimum absolute atomic E-state index is 0.123. The zero-order chi connectivity index (χ0) is 15.3. The molecule has 6 heteroatoms. The molecule has 5 nitrogen and oxygen atoms in total. The van der Waals surface area contributed by atoms with E-state index in [0.717, 1.165) is 5.56 Å². The summed E-state index contributed by atoms with van der Waals surface area (Å²) in [5, 5.41) is 0. The minimum atomic E-state index is -3.72. The fourth-order valence-corrected chi connectivity index (χ4v) is 2.94. The second-order valence-corrected chi connectivity index (χ2v) is 6.00. The van der Waals surface area contributed by atoms with Crippen LogP contribution in [0.4, 0.5) is 5.69 Å². The lowest BCUT2D eigenvalue weighted by Gasteiger charge is -2.10. The van der Waals surface area contributed by atoms with Crippen LogP contribution in [0.5, 0.6) is 0 Å². The average molecular weight is 301 g/mol. The molecule has 0 aliphatic heterocycles. The number of nitrogens with two attached hydrogens (primary N) is 1. The van der Waals surface area contributed by atoms with Crippen LogP contribution in [0.2, 0.25) is 0 Å². The first-order chi connectivity index (χ1) is 10.0. The summed E-state index contributed by atoms with van der Waals surface area (Å²) in [5.74, 6) is 5.48. The Morgan fingerprint density at radius 3 is 2.81 bits per heavy atom. The Balaban J connectivity index is 2.45. The Bertz CT molecular complexity index is 791. The number of rotatable bonds is 3. The summed E-state index contributed by atoms with van der Waals surface area (Å²) in [4.78, 5) is 4.00. The Morgan fingerprint density at radius 2 is 2.14 bits per heavy atom. The molecule has 1 aromatic heterocycles. The number of benzene rings is 1. The van der Waals surface area contributed by atoms with Gasteiger partial charge in [0.15, 0.2) is 0 Å². The monoisotopic (exact) mass is 301 g/mol. The molecule has 0 radical (unpaired) electrons. The Kier molecular flexibility index (Phi) is 4.58. The molecule has 0 spiro atoms. The highest BCUT2D eigenvalue weighted by molar-refractivity contribution is 7.92. The quantitative estimate of drug-likeness (QED) is 0.841. The minimum Gasteiger partial charge on any atom is -0.320 e. The summed E-state index contributed by atoms with van der Waals surface area (Å²) in [6.45, 7) is 2.04. The van der Waals surface area contributed by atoms with Crippen LogP contribution in [0, 0.1) is 18.8 Å². The molecule has 1 aromatic carbocycles. The molecule has 2 rings (SSSR count). The van der Waals surface area contributed by atoms with Gasteiger partial charge in [0.05, 0.1) is 18.4 Å². The van der Waals surface area contributed by atoms with Gasteiger partial charge in [-0.1, -0.05) is 17.9 Å². The number of nitrogens with one attached hydrogen (secondary N) is 1. The second-order valence-electron chi connectivity index (χ2n) is 4.35. The van der Waals surface area contributed by atoms with Gasteiger partial charge in [0.1, 0.15) is 4.90 Å². The van der Waals surface area contributed by atoms with Crippen LogP contribution < -0.4 is 10.5 Å². The maximum Gasteiger partial charge on any atom is 0.263 e. The average Bonchev–Trinajstić information content (AvgIpc) is 2.45. The van der Waals surface area contributed by atoms with Gasteiger partial charge in [0.25, 0.3) is 10.0 Å². The maximum atomic E-state index is 12.5. The number of aromatic nitrogens is 1. The highest BCUT2D eigenvalue weighted by Gasteiger charge is 2.18. The number of pyridine rings is 1. The van der Waals surface area contributed by atoms with Gasteiger partial charge in [-0.15, -0.1) is 0 Å². The molecule has 0 atom stereocenters. The summed E-state index contributed by atoms with van der Waals surface area (Å²) in [7, 11) is -3.72. The Hall–Kier alpha value is -2.36. The highest BCUT2D eigenvalue weighted by Crippen LogP contribution is 2.20. The second kappa shape index (κ2) is 6.39. The van der Waals surface area contributed by atoms with E-state index in [2.05, 4.69) is 21.5 Å². The normalized spacial score (nSPS) is 10.6. The van der Waals surface area contributed by atoms with Crippen molar-refractivity contribution in [3.05, 3.63) is 53.9 Å². The van der Waals surface area contributed by atoms with E-state index in [9.17, 15) is 8.42 Å². The third kappa shape index (κ3) is 3.81. The van der Waals surface area contributed by atoms with Crippen LogP contribution in [-0.2, 0) is 10.0 Å². The van der Waals surface area contributed by atoms with Gasteiger partial charge in [-0.2, -0.15) is 0 Å². The lowest BCUT2D eigenvalue weighted by atomic mass is 10.1. The number of hydrogen-bond acceptors (Lipinski definition) is 4. The summed E-state index contributed by atoms with van der Waals surface area (Å²) < 4.78 is 27.4. The fourth-order valence-electron chi connectivity index (χ4n) is 1.76. The number of hydrogen-bond donors (Lipinski definition) is 2. The first-order valence-electron chi connectivity index (χ1n) is 6.25. The van der Waals surface area contributed by atoms with E-state index in [-0.39, 0.29) is 11.4 Å². The third-order valence-corrected chi connectivity index (χ3v) is 4.10. The molecule has 0 aliphatic carbocycles. The largest absolute Gasteiger partial charge is 0.320 e. The van der Waals surface area contributed by atoms with Crippen molar-refractivity contribution in [2.24, 2.45) is 5.73 Å². The van der Waals surface area contributed by atoms with Crippen molar-refractivity contribution in [2.45, 2.75) is 11.8 Å². The lowest BCUT2D eigenvalue weighted by Crippen LogP contribution is -2.14. The maximum absolute atomic E-state index is 12.5. The molecule has 0 aliphatic rings. The van der Waals surface area contributed by atoms with E-state index in [0.29, 0.717) is 11.3 Å². The van der Waals surface area contributed by atoms with Crippen LogP contribution in [-0.4, -0.2) is 19.9 Å². The van der Waals surface area contributed by atoms with Crippen LogP contribution in [0.1, 0.15) is 11.1 Å². The van der Waals surface area contributed by atoms with Gasteiger partial charge in [-0.05, 0) is 36.8 Å². The van der Waals surface area contributed by atoms with Crippen molar-refractivity contribution in [3.8, 4) is 11.8 Å². The third-order valence-electron chi connectivity index (χ3n) is 2.66. The first-order valence-corrected chi connectivity index (χ1v) is 7.73. The topological polar surface area (TPSA) is 85.1 Å². The van der Waals surface area contributed by atoms with Crippen molar-refractivity contribution in [3.63, 3.8) is 0 Å². The van der Waals surface area contributed by atoms with E-state index < -0.39 is 10.0 Å². The van der Waals surface area contributed by atoms with Crippen molar-refractivity contribution in [2.75, 3.05) is 11.3 Å². The van der Waals surface area contributed by atoms with Gasteiger partial charge in [0.2, 0.25) is 0 Å². The Labute approximate surface area is 124 Å². The van der Waals surface area contributed by atoms with Crippen LogP contribution >= 0.6 is 0 Å². The molecular formula is C15H15N3O2S. The predicted octanol–water partition coefficient (Wildman–Crippen LogP) is 1.50. The van der Waals surface area contributed by atoms with Crippen LogP contribution in [0.15, 0.2) is 47.6 Å². The molecule has 3 N–H and O–H groups in total. The zero-order valence-corrected chi connectivity index (χ0v) is 12.3. The zero-order valence-electron chi connectivity index (χ0n) is 11.5. The van der Waals surface area contributed by atoms with Crippen molar-refractivity contribution < 1.29 is 8.42 Å². The van der Waals surface area contributed by atoms with E-state index in [1.807, 2.05) is 6.92 Å². The smallest absolute Gasteiger partial charge is 0.263 e. The first kappa shape index (κ1) is 15.0. The Morgan fingerprint density at radius 1 is 1.33 bits per heavy atom. The van der Waals surface area contributed by atoms with E-state index >= 15 is 0 Å². The molecule has 0 amide bonds. The van der Waals surface area contributed by atoms with E-state index in [1.165, 1.54) is 12.3 Å². The van der Waals surface area contributed by atoms with Gasteiger partial charge < -0.3 is 5.73 Å². The van der Waals surface area contributed by atoms with Crippen LogP contribution in [0.3, 0.4) is 0 Å². The summed E-state index contributed by atoms with van der Waals surface area (Å²) in [5.41, 5.74) is 7.10. The number of anilines is 1. The standard InChI is InChI=1S/C15H15N3O2S/c1-12-6-7-15(13(10-12)4-2-8-16)21(19,20)18-14-5-3-9-17-11-14/h3,5-7,9-11,18H,8,16H2,1H3. The van der Waals surface area contributed by atoms with Gasteiger partial charge >= 0.3 is 0 Å². The van der Waals surface area contributed by atoms with Gasteiger partial charge in [-0.25, -0.2) is 8.42 Å². The van der Waals surface area contributed by atoms with Gasteiger partial charge in [0, 0.05) is 11.8 Å². The number of nitrogens with zero attached hydrogens (tertiary/aromatic N) is 1. The fraction of sp³-hybridized carbons (Fsp3) is 0.133. The molecule has 2 aromatic rings. The van der Waals surface area contributed by atoms with Crippen molar-refractivity contribution >= 4 is 15.7 Å². The summed E-state index contributed by atoms with van der Waals surface area (Å²) in [6, 6.07) is 8.27. The highest BCUT2D eigenvalue weighted by atomic mass is 32.2. The molecule has 0 saturated carbocycles. The number of aryl methyl sites for hydroxylation is 1. The van der Waals surface area contributed by atoms with Crippen molar-refractivity contribution in [1.82, 2.24) is 4.98 Å². The molecule has 108 valence electrons. The SMILES string of the molecule is Cc1ccc(S(=O)(=O)Nc2cccnc2)c(C#CCN)c1. The van der Waals surface area contributed by atoms with E-state index in [1.54, 1.807) is 30.5 Å². The molecule has 21 heavy (non-hydrogen) atoms. The molecule has 0 fully saturated rings. The predicted molar refractivity (Wildman–Crippen MR) is 82.2 cm³/mol. The van der Waals surface area contributed by atoms with Crippen molar-refractivity contribution in [1.29, 1.82) is 0 Å². The molecular weight excluding hydrogens is 286 g/mol. The van der Waals surface area contributed by atoms with E-state index in [4.69, 9.17) is 5.73 Å². The molecule has 0 saturated heterocycles. The van der Waals surface area contributed by atoms with Gasteiger partial charge in [-0.3, -0.25) is 9.71 Å². The summed E-state index contributed by atoms with van der Waals surface area (Å²) >= 11 is 0. The molecule has 0 unspecified atom stereocenters. The lowest BCUT2D eigenvalue weighted by molar-refractivity contribution is 0.601. The molecule has 1 heterocycles. The molecule has 0 bridgehead atoms. The number of sulfonamides is 1. The van der Waals surface area contributed by atoms with Crippen LogP contribution in [0.25, 0.3) is 0 Å². The summed E-state index contributed by atoms with van der Waals surface area (Å²) in [6.07, 6.45) is 3.01.